The Bertz CT molecular complexity index is 406. The molecule has 2 N–H and O–H groups in total. The van der Waals surface area contributed by atoms with Crippen molar-refractivity contribution in [3.8, 4) is 0 Å². The smallest absolute Gasteiger partial charge is 0.162 e. The number of carbonyl (C=O) groups excluding carboxylic acids is 1. The van der Waals surface area contributed by atoms with Gasteiger partial charge < -0.3 is 5.73 Å². The zero-order valence-corrected chi connectivity index (χ0v) is 12.8. The van der Waals surface area contributed by atoms with Gasteiger partial charge in [0.2, 0.25) is 0 Å². The average molecular weight is 282 g/mol. The highest BCUT2D eigenvalue weighted by atomic mass is 35.5. The standard InChI is InChI=1S/C16H24ClNO/c1-16(2,3)13(10-11-18)6-9-15(19)12-4-7-14(17)8-5-12/h4-5,7-8,13H,6,9-11,18H2,1-3H3. The first-order chi connectivity index (χ1) is 8.84. The van der Waals surface area contributed by atoms with Crippen molar-refractivity contribution >= 4 is 17.4 Å². The lowest BCUT2D eigenvalue weighted by Gasteiger charge is -2.30. The third kappa shape index (κ3) is 5.33. The molecule has 0 spiro atoms. The van der Waals surface area contributed by atoms with E-state index in [1.807, 2.05) is 0 Å². The predicted molar refractivity (Wildman–Crippen MR) is 81.6 cm³/mol. The summed E-state index contributed by atoms with van der Waals surface area (Å²) in [6.45, 7) is 7.30. The first kappa shape index (κ1) is 16.2. The van der Waals surface area contributed by atoms with Gasteiger partial charge in [0.25, 0.3) is 0 Å². The molecule has 0 amide bonds. The van der Waals surface area contributed by atoms with Crippen LogP contribution in [0.3, 0.4) is 0 Å². The predicted octanol–water partition coefficient (Wildman–Crippen LogP) is 4.31. The van der Waals surface area contributed by atoms with Crippen LogP contribution >= 0.6 is 11.6 Å². The van der Waals surface area contributed by atoms with Gasteiger partial charge >= 0.3 is 0 Å². The Balaban J connectivity index is 2.59. The van der Waals surface area contributed by atoms with Crippen molar-refractivity contribution in [2.75, 3.05) is 6.54 Å². The fourth-order valence-corrected chi connectivity index (χ4v) is 2.42. The van der Waals surface area contributed by atoms with Crippen molar-refractivity contribution in [3.63, 3.8) is 0 Å². The Kier molecular flexibility index (Phi) is 6.02. The van der Waals surface area contributed by atoms with E-state index in [1.165, 1.54) is 0 Å². The van der Waals surface area contributed by atoms with Gasteiger partial charge in [0, 0.05) is 17.0 Å². The Hall–Kier alpha value is -0.860. The minimum Gasteiger partial charge on any atom is -0.330 e. The van der Waals surface area contributed by atoms with Crippen molar-refractivity contribution in [1.82, 2.24) is 0 Å². The minimum atomic E-state index is 0.183. The molecule has 0 saturated heterocycles. The summed E-state index contributed by atoms with van der Waals surface area (Å²) in [4.78, 5) is 12.1. The number of ketones is 1. The Labute approximate surface area is 121 Å². The topological polar surface area (TPSA) is 43.1 Å². The maximum absolute atomic E-state index is 12.1. The third-order valence-corrected chi connectivity index (χ3v) is 3.88. The number of rotatable bonds is 6. The summed E-state index contributed by atoms with van der Waals surface area (Å²) in [6.07, 6.45) is 2.43. The molecule has 2 nitrogen and oxygen atoms in total. The highest BCUT2D eigenvalue weighted by molar-refractivity contribution is 6.30. The lowest BCUT2D eigenvalue weighted by Crippen LogP contribution is -2.24. The first-order valence-corrected chi connectivity index (χ1v) is 7.21. The van der Waals surface area contributed by atoms with Gasteiger partial charge in [-0.15, -0.1) is 0 Å². The molecule has 0 bridgehead atoms. The van der Waals surface area contributed by atoms with E-state index in [2.05, 4.69) is 20.8 Å². The molecule has 19 heavy (non-hydrogen) atoms. The van der Waals surface area contributed by atoms with Gasteiger partial charge in [0.1, 0.15) is 0 Å². The van der Waals surface area contributed by atoms with Gasteiger partial charge in [-0.05, 0) is 55.0 Å². The van der Waals surface area contributed by atoms with Gasteiger partial charge in [-0.25, -0.2) is 0 Å². The molecule has 0 saturated carbocycles. The second-order valence-corrected chi connectivity index (χ2v) is 6.55. The molecule has 0 fully saturated rings. The number of nitrogens with two attached hydrogens (primary N) is 1. The molecular formula is C16H24ClNO. The zero-order chi connectivity index (χ0) is 14.5. The highest BCUT2D eigenvalue weighted by Gasteiger charge is 2.24. The van der Waals surface area contributed by atoms with Crippen LogP contribution in [0.4, 0.5) is 0 Å². The molecular weight excluding hydrogens is 258 g/mol. The van der Waals surface area contributed by atoms with Crippen LogP contribution < -0.4 is 5.73 Å². The number of benzene rings is 1. The first-order valence-electron chi connectivity index (χ1n) is 6.83. The maximum Gasteiger partial charge on any atom is 0.162 e. The van der Waals surface area contributed by atoms with E-state index in [-0.39, 0.29) is 11.2 Å². The van der Waals surface area contributed by atoms with Gasteiger partial charge in [-0.2, -0.15) is 0 Å². The summed E-state index contributed by atoms with van der Waals surface area (Å²) >= 11 is 5.82. The summed E-state index contributed by atoms with van der Waals surface area (Å²) in [5.74, 6) is 0.664. The maximum atomic E-state index is 12.1. The van der Waals surface area contributed by atoms with E-state index in [0.29, 0.717) is 23.9 Å². The van der Waals surface area contributed by atoms with Crippen molar-refractivity contribution < 1.29 is 4.79 Å². The zero-order valence-electron chi connectivity index (χ0n) is 12.1. The van der Waals surface area contributed by atoms with Gasteiger partial charge in [-0.3, -0.25) is 4.79 Å². The minimum absolute atomic E-state index is 0.183. The van der Waals surface area contributed by atoms with Crippen LogP contribution in [0.15, 0.2) is 24.3 Å². The quantitative estimate of drug-likeness (QED) is 0.790. The summed E-state index contributed by atoms with van der Waals surface area (Å²) in [5, 5.41) is 0.659. The lowest BCUT2D eigenvalue weighted by molar-refractivity contribution is 0.0958. The van der Waals surface area contributed by atoms with Crippen LogP contribution in [0.25, 0.3) is 0 Å². The van der Waals surface area contributed by atoms with Crippen LogP contribution in [0.5, 0.6) is 0 Å². The summed E-state index contributed by atoms with van der Waals surface area (Å²) in [6, 6.07) is 7.10. The van der Waals surface area contributed by atoms with Gasteiger partial charge in [0.05, 0.1) is 0 Å². The van der Waals surface area contributed by atoms with E-state index in [0.717, 1.165) is 18.4 Å². The van der Waals surface area contributed by atoms with Gasteiger partial charge in [0.15, 0.2) is 5.78 Å². The van der Waals surface area contributed by atoms with E-state index >= 15 is 0 Å². The van der Waals surface area contributed by atoms with Crippen molar-refractivity contribution in [2.24, 2.45) is 17.1 Å². The summed E-state index contributed by atoms with van der Waals surface area (Å²) in [7, 11) is 0. The van der Waals surface area contributed by atoms with Crippen molar-refractivity contribution in [1.29, 1.82) is 0 Å². The van der Waals surface area contributed by atoms with Gasteiger partial charge in [-0.1, -0.05) is 32.4 Å². The van der Waals surface area contributed by atoms with E-state index in [1.54, 1.807) is 24.3 Å². The molecule has 1 aromatic carbocycles. The monoisotopic (exact) mass is 281 g/mol. The lowest BCUT2D eigenvalue weighted by atomic mass is 9.76. The van der Waals surface area contributed by atoms with E-state index in [4.69, 9.17) is 17.3 Å². The fourth-order valence-electron chi connectivity index (χ4n) is 2.30. The fraction of sp³-hybridized carbons (Fsp3) is 0.562. The molecule has 3 heteroatoms. The molecule has 0 aliphatic rings. The number of hydrogen-bond donors (Lipinski definition) is 1. The summed E-state index contributed by atoms with van der Waals surface area (Å²) in [5.41, 5.74) is 6.60. The second kappa shape index (κ2) is 7.06. The average Bonchev–Trinajstić information content (AvgIpc) is 2.33. The third-order valence-electron chi connectivity index (χ3n) is 3.63. The Morgan fingerprint density at radius 1 is 1.21 bits per heavy atom. The second-order valence-electron chi connectivity index (χ2n) is 6.11. The van der Waals surface area contributed by atoms with Crippen LogP contribution in [-0.4, -0.2) is 12.3 Å². The Morgan fingerprint density at radius 3 is 2.26 bits per heavy atom. The molecule has 1 aromatic rings. The molecule has 0 aromatic heterocycles. The largest absolute Gasteiger partial charge is 0.330 e. The molecule has 1 atom stereocenters. The number of halogens is 1. The van der Waals surface area contributed by atoms with Crippen molar-refractivity contribution in [3.05, 3.63) is 34.9 Å². The van der Waals surface area contributed by atoms with Crippen LogP contribution in [0.2, 0.25) is 5.02 Å². The van der Waals surface area contributed by atoms with E-state index in [9.17, 15) is 4.79 Å². The number of Topliss-reactive ketones (excluding diaryl/α,β-unsaturated/α-hetero) is 1. The molecule has 106 valence electrons. The van der Waals surface area contributed by atoms with Crippen molar-refractivity contribution in [2.45, 2.75) is 40.0 Å². The molecule has 0 aliphatic heterocycles. The molecule has 0 heterocycles. The highest BCUT2D eigenvalue weighted by Crippen LogP contribution is 2.32. The number of hydrogen-bond acceptors (Lipinski definition) is 2. The summed E-state index contributed by atoms with van der Waals surface area (Å²) < 4.78 is 0. The molecule has 1 unspecified atom stereocenters. The van der Waals surface area contributed by atoms with E-state index < -0.39 is 0 Å². The van der Waals surface area contributed by atoms with Crippen LogP contribution in [0.1, 0.15) is 50.4 Å². The normalized spacial score (nSPS) is 13.3. The Morgan fingerprint density at radius 2 is 1.79 bits per heavy atom. The molecule has 0 aliphatic carbocycles. The number of carbonyl (C=O) groups is 1. The SMILES string of the molecule is CC(C)(C)C(CCN)CCC(=O)c1ccc(Cl)cc1. The molecule has 0 radical (unpaired) electrons. The molecule has 1 rings (SSSR count). The van der Waals surface area contributed by atoms with Crippen LogP contribution in [0, 0.1) is 11.3 Å². The van der Waals surface area contributed by atoms with Crippen LogP contribution in [-0.2, 0) is 0 Å².